The van der Waals surface area contributed by atoms with Crippen LogP contribution in [-0.4, -0.2) is 56.8 Å². The highest BCUT2D eigenvalue weighted by atomic mass is 35.5. The summed E-state index contributed by atoms with van der Waals surface area (Å²) in [6.07, 6.45) is 5.08. The number of carbonyl (C=O) groups is 1. The average Bonchev–Trinajstić information content (AvgIpc) is 3.36. The molecule has 0 spiro atoms. The van der Waals surface area contributed by atoms with Crippen molar-refractivity contribution in [3.05, 3.63) is 77.3 Å². The molecule has 0 bridgehead atoms. The lowest BCUT2D eigenvalue weighted by Gasteiger charge is -2.34. The fourth-order valence-electron chi connectivity index (χ4n) is 4.01. The third-order valence-electron chi connectivity index (χ3n) is 6.19. The van der Waals surface area contributed by atoms with E-state index in [0.717, 1.165) is 48.7 Å². The van der Waals surface area contributed by atoms with Crippen LogP contribution in [0.15, 0.2) is 61.2 Å². The van der Waals surface area contributed by atoms with Crippen LogP contribution >= 0.6 is 11.6 Å². The Kier molecular flexibility index (Phi) is 7.07. The third-order valence-corrected chi connectivity index (χ3v) is 6.45. The second kappa shape index (κ2) is 10.1. The van der Waals surface area contributed by atoms with Crippen LogP contribution in [0.25, 0.3) is 5.69 Å². The molecule has 2 heterocycles. The predicted molar refractivity (Wildman–Crippen MR) is 126 cm³/mol. The van der Waals surface area contributed by atoms with E-state index >= 15 is 0 Å². The zero-order valence-electron chi connectivity index (χ0n) is 18.5. The minimum absolute atomic E-state index is 0.0333. The highest BCUT2D eigenvalue weighted by molar-refractivity contribution is 6.30. The van der Waals surface area contributed by atoms with Crippen LogP contribution in [0, 0.1) is 0 Å². The molecule has 2 amide bonds. The van der Waals surface area contributed by atoms with E-state index in [1.54, 1.807) is 15.9 Å². The van der Waals surface area contributed by atoms with Crippen LogP contribution in [-0.2, 0) is 6.54 Å². The lowest BCUT2D eigenvalue weighted by atomic mass is 10.0. The number of halogens is 1. The number of piperidine rings is 1. The van der Waals surface area contributed by atoms with Gasteiger partial charge in [-0.1, -0.05) is 35.9 Å². The summed E-state index contributed by atoms with van der Waals surface area (Å²) >= 11 is 5.97. The van der Waals surface area contributed by atoms with Crippen molar-refractivity contribution in [2.24, 2.45) is 0 Å². The quantitative estimate of drug-likeness (QED) is 0.606. The number of amides is 2. The first-order valence-corrected chi connectivity index (χ1v) is 11.3. The summed E-state index contributed by atoms with van der Waals surface area (Å²) in [6.45, 7) is 4.89. The topological polar surface area (TPSA) is 66.3 Å². The van der Waals surface area contributed by atoms with Crippen molar-refractivity contribution < 1.29 is 4.79 Å². The molecule has 0 radical (unpaired) electrons. The van der Waals surface area contributed by atoms with E-state index in [2.05, 4.69) is 32.4 Å². The monoisotopic (exact) mass is 452 g/mol. The number of nitrogens with one attached hydrogen (secondary N) is 1. The molecule has 8 heteroatoms. The first kappa shape index (κ1) is 22.3. The van der Waals surface area contributed by atoms with E-state index in [1.165, 1.54) is 11.9 Å². The van der Waals surface area contributed by atoms with E-state index in [0.29, 0.717) is 0 Å². The Morgan fingerprint density at radius 3 is 2.47 bits per heavy atom. The zero-order chi connectivity index (χ0) is 22.5. The second-order valence-electron chi connectivity index (χ2n) is 8.34. The van der Waals surface area contributed by atoms with Crippen molar-refractivity contribution in [3.8, 4) is 5.69 Å². The minimum Gasteiger partial charge on any atom is -0.335 e. The first-order valence-electron chi connectivity index (χ1n) is 10.9. The molecule has 32 heavy (non-hydrogen) atoms. The molecule has 1 aliphatic heterocycles. The van der Waals surface area contributed by atoms with Gasteiger partial charge < -0.3 is 10.2 Å². The number of benzene rings is 2. The smallest absolute Gasteiger partial charge is 0.317 e. The molecule has 1 unspecified atom stereocenters. The van der Waals surface area contributed by atoms with Gasteiger partial charge in [0, 0.05) is 37.7 Å². The van der Waals surface area contributed by atoms with Gasteiger partial charge in [-0.15, -0.1) is 0 Å². The first-order chi connectivity index (χ1) is 15.5. The van der Waals surface area contributed by atoms with Gasteiger partial charge in [0.25, 0.3) is 0 Å². The standard InChI is InChI=1S/C24H29ClN6O/c1-18(20-5-9-23(10-6-20)31-17-26-16-27-31)29(2)24(32)28-22-11-13-30(14-12-22)15-19-3-7-21(25)8-4-19/h3-10,16-18,22H,11-15H2,1-2H3,(H,28,32). The van der Waals surface area contributed by atoms with Crippen molar-refractivity contribution in [1.29, 1.82) is 0 Å². The van der Waals surface area contributed by atoms with Crippen LogP contribution in [0.5, 0.6) is 0 Å². The summed E-state index contributed by atoms with van der Waals surface area (Å²) in [4.78, 5) is 21.0. The molecule has 4 rings (SSSR count). The maximum Gasteiger partial charge on any atom is 0.317 e. The largest absolute Gasteiger partial charge is 0.335 e. The molecule has 1 N–H and O–H groups in total. The SMILES string of the molecule is CC(c1ccc(-n2cncn2)cc1)N(C)C(=O)NC1CCN(Cc2ccc(Cl)cc2)CC1. The van der Waals surface area contributed by atoms with Gasteiger partial charge in [0.15, 0.2) is 0 Å². The molecular formula is C24H29ClN6O. The second-order valence-corrected chi connectivity index (χ2v) is 8.78. The number of aromatic nitrogens is 3. The summed E-state index contributed by atoms with van der Waals surface area (Å²) in [5.74, 6) is 0. The fraction of sp³-hybridized carbons (Fsp3) is 0.375. The van der Waals surface area contributed by atoms with Crippen molar-refractivity contribution in [1.82, 2.24) is 29.9 Å². The Bertz CT molecular complexity index is 998. The van der Waals surface area contributed by atoms with E-state index < -0.39 is 0 Å². The Morgan fingerprint density at radius 1 is 1.16 bits per heavy atom. The maximum atomic E-state index is 12.9. The highest BCUT2D eigenvalue weighted by Crippen LogP contribution is 2.21. The van der Waals surface area contributed by atoms with Crippen LogP contribution in [0.1, 0.15) is 36.9 Å². The van der Waals surface area contributed by atoms with Crippen LogP contribution in [0.4, 0.5) is 4.79 Å². The molecule has 1 saturated heterocycles. The lowest BCUT2D eigenvalue weighted by Crippen LogP contribution is -2.48. The van der Waals surface area contributed by atoms with Crippen LogP contribution in [0.3, 0.4) is 0 Å². The number of rotatable bonds is 6. The molecule has 1 atom stereocenters. The summed E-state index contributed by atoms with van der Waals surface area (Å²) < 4.78 is 1.71. The molecular weight excluding hydrogens is 424 g/mol. The maximum absolute atomic E-state index is 12.9. The number of likely N-dealkylation sites (tertiary alicyclic amines) is 1. The molecule has 1 fully saturated rings. The van der Waals surface area contributed by atoms with Crippen molar-refractivity contribution in [3.63, 3.8) is 0 Å². The van der Waals surface area contributed by atoms with Gasteiger partial charge in [-0.25, -0.2) is 14.5 Å². The lowest BCUT2D eigenvalue weighted by molar-refractivity contribution is 0.167. The molecule has 1 aromatic heterocycles. The Hall–Kier alpha value is -2.90. The molecule has 168 valence electrons. The summed E-state index contributed by atoms with van der Waals surface area (Å²) in [7, 11) is 1.85. The van der Waals surface area contributed by atoms with E-state index in [1.807, 2.05) is 50.4 Å². The molecule has 7 nitrogen and oxygen atoms in total. The van der Waals surface area contributed by atoms with Gasteiger partial charge in [-0.05, 0) is 55.2 Å². The molecule has 0 aliphatic carbocycles. The molecule has 2 aromatic carbocycles. The van der Waals surface area contributed by atoms with Gasteiger partial charge in [-0.3, -0.25) is 4.90 Å². The van der Waals surface area contributed by atoms with Gasteiger partial charge in [0.1, 0.15) is 12.7 Å². The van der Waals surface area contributed by atoms with Gasteiger partial charge in [0.2, 0.25) is 0 Å². The number of urea groups is 1. The normalized spacial score (nSPS) is 16.0. The molecule has 1 aliphatic rings. The number of hydrogen-bond acceptors (Lipinski definition) is 4. The number of carbonyl (C=O) groups excluding carboxylic acids is 1. The summed E-state index contributed by atoms with van der Waals surface area (Å²) in [5.41, 5.74) is 3.28. The minimum atomic E-state index is -0.0372. The van der Waals surface area contributed by atoms with E-state index in [4.69, 9.17) is 11.6 Å². The van der Waals surface area contributed by atoms with Gasteiger partial charge >= 0.3 is 6.03 Å². The van der Waals surface area contributed by atoms with Crippen molar-refractivity contribution >= 4 is 17.6 Å². The molecule has 0 saturated carbocycles. The number of nitrogens with zero attached hydrogens (tertiary/aromatic N) is 5. The van der Waals surface area contributed by atoms with Crippen LogP contribution < -0.4 is 5.32 Å². The Morgan fingerprint density at radius 2 is 1.84 bits per heavy atom. The van der Waals surface area contributed by atoms with Gasteiger partial charge in [0.05, 0.1) is 11.7 Å². The summed E-state index contributed by atoms with van der Waals surface area (Å²) in [5, 5.41) is 8.12. The van der Waals surface area contributed by atoms with Crippen LogP contribution in [0.2, 0.25) is 5.02 Å². The van der Waals surface area contributed by atoms with Gasteiger partial charge in [-0.2, -0.15) is 5.10 Å². The fourth-order valence-corrected chi connectivity index (χ4v) is 4.13. The number of hydrogen-bond donors (Lipinski definition) is 1. The van der Waals surface area contributed by atoms with Crippen molar-refractivity contribution in [2.45, 2.75) is 38.4 Å². The van der Waals surface area contributed by atoms with E-state index in [9.17, 15) is 4.79 Å². The average molecular weight is 453 g/mol. The zero-order valence-corrected chi connectivity index (χ0v) is 19.2. The predicted octanol–water partition coefficient (Wildman–Crippen LogP) is 4.29. The Balaban J connectivity index is 1.26. The Labute approximate surface area is 194 Å². The van der Waals surface area contributed by atoms with E-state index in [-0.39, 0.29) is 18.1 Å². The third kappa shape index (κ3) is 5.47. The summed E-state index contributed by atoms with van der Waals surface area (Å²) in [6, 6.07) is 16.2. The van der Waals surface area contributed by atoms with Crippen molar-refractivity contribution in [2.75, 3.05) is 20.1 Å². The molecule has 3 aromatic rings. The highest BCUT2D eigenvalue weighted by Gasteiger charge is 2.24.